The van der Waals surface area contributed by atoms with Crippen molar-refractivity contribution in [2.45, 2.75) is 45.7 Å². The molecule has 1 aromatic carbocycles. The van der Waals surface area contributed by atoms with Gasteiger partial charge in [0, 0.05) is 46.7 Å². The fourth-order valence-electron chi connectivity index (χ4n) is 4.47. The van der Waals surface area contributed by atoms with E-state index in [2.05, 4.69) is 33.2 Å². The van der Waals surface area contributed by atoms with Gasteiger partial charge in [0.1, 0.15) is 11.3 Å². The monoisotopic (exact) mass is 446 g/mol. The van der Waals surface area contributed by atoms with E-state index >= 15 is 0 Å². The van der Waals surface area contributed by atoms with Crippen molar-refractivity contribution in [1.82, 2.24) is 24.6 Å². The zero-order valence-corrected chi connectivity index (χ0v) is 18.5. The van der Waals surface area contributed by atoms with Crippen LogP contribution in [-0.2, 0) is 13.1 Å². The molecule has 2 atom stereocenters. The number of likely N-dealkylation sites (tertiary alicyclic amines) is 1. The molecule has 0 spiro atoms. The maximum atomic E-state index is 12.7. The van der Waals surface area contributed by atoms with Crippen molar-refractivity contribution < 1.29 is 8.91 Å². The van der Waals surface area contributed by atoms with Crippen LogP contribution in [0.1, 0.15) is 52.5 Å². The Labute approximate surface area is 196 Å². The first-order valence-electron chi connectivity index (χ1n) is 12.8. The summed E-state index contributed by atoms with van der Waals surface area (Å²) in [6, 6.07) is 13.9. The fraction of sp³-hybridized carbons (Fsp3) is 0.346. The summed E-state index contributed by atoms with van der Waals surface area (Å²) < 4.78 is 25.3. The summed E-state index contributed by atoms with van der Waals surface area (Å²) in [5.41, 5.74) is 2.97. The third-order valence-electron chi connectivity index (χ3n) is 6.35. The molecule has 1 saturated heterocycles. The van der Waals surface area contributed by atoms with Crippen molar-refractivity contribution in [3.05, 3.63) is 82.0 Å². The molecule has 0 bridgehead atoms. The molecule has 5 rings (SSSR count). The highest BCUT2D eigenvalue weighted by molar-refractivity contribution is 5.92. The zero-order valence-electron chi connectivity index (χ0n) is 21.5. The van der Waals surface area contributed by atoms with E-state index in [1.54, 1.807) is 24.4 Å². The van der Waals surface area contributed by atoms with E-state index in [-0.39, 0.29) is 17.8 Å². The summed E-state index contributed by atoms with van der Waals surface area (Å²) in [7, 11) is 0. The van der Waals surface area contributed by atoms with Gasteiger partial charge in [0.15, 0.2) is 0 Å². The van der Waals surface area contributed by atoms with Gasteiger partial charge in [-0.3, -0.25) is 18.9 Å². The molecule has 1 aliphatic rings. The number of carbonyl (C=O) groups is 1. The van der Waals surface area contributed by atoms with Crippen LogP contribution in [0.15, 0.2) is 59.5 Å². The molecule has 0 saturated carbocycles. The van der Waals surface area contributed by atoms with Crippen molar-refractivity contribution in [3.63, 3.8) is 0 Å². The number of H-pyrrole nitrogens is 1. The lowest BCUT2D eigenvalue weighted by Crippen LogP contribution is -2.39. The number of nitrogens with one attached hydrogen (secondary N) is 2. The first kappa shape index (κ1) is 18.0. The van der Waals surface area contributed by atoms with E-state index in [0.29, 0.717) is 24.5 Å². The predicted molar refractivity (Wildman–Crippen MR) is 129 cm³/mol. The van der Waals surface area contributed by atoms with E-state index < -0.39 is 18.8 Å². The van der Waals surface area contributed by atoms with Crippen LogP contribution in [-0.4, -0.2) is 37.8 Å². The van der Waals surface area contributed by atoms with Gasteiger partial charge in [0.25, 0.3) is 11.5 Å². The minimum atomic E-state index is -2.00. The highest BCUT2D eigenvalue weighted by Gasteiger charge is 2.23. The summed E-state index contributed by atoms with van der Waals surface area (Å²) >= 11 is 0. The molecule has 0 radical (unpaired) electrons. The Morgan fingerprint density at radius 3 is 3.06 bits per heavy atom. The summed E-state index contributed by atoms with van der Waals surface area (Å²) in [5.74, 6) is -0.00305. The number of hydrogen-bond donors (Lipinski definition) is 2. The SMILES string of the molecule is [2H]C([2H])([2H])[C@@H]1C[C@H](C)CCN1Cc1cc2ccc(CNC(=O)c3cc(=O)n4ccccc4n3)cc2[nH]1. The van der Waals surface area contributed by atoms with Crippen molar-refractivity contribution in [1.29, 1.82) is 0 Å². The van der Waals surface area contributed by atoms with Gasteiger partial charge in [-0.1, -0.05) is 25.1 Å². The lowest BCUT2D eigenvalue weighted by Gasteiger charge is -2.36. The smallest absolute Gasteiger partial charge is 0.270 e. The van der Waals surface area contributed by atoms with Crippen molar-refractivity contribution in [3.8, 4) is 0 Å². The summed E-state index contributed by atoms with van der Waals surface area (Å²) in [6.07, 6.45) is 3.29. The Bertz CT molecular complexity index is 1480. The number of benzene rings is 1. The molecule has 0 unspecified atom stereocenters. The molecule has 1 aliphatic heterocycles. The van der Waals surface area contributed by atoms with Crippen LogP contribution in [0.2, 0.25) is 0 Å². The molecule has 1 fully saturated rings. The number of piperidine rings is 1. The maximum Gasteiger partial charge on any atom is 0.270 e. The lowest BCUT2D eigenvalue weighted by atomic mass is 9.93. The molecular formula is C26H29N5O2. The maximum absolute atomic E-state index is 12.7. The number of carbonyl (C=O) groups excluding carboxylic acids is 1. The van der Waals surface area contributed by atoms with Gasteiger partial charge >= 0.3 is 0 Å². The number of hydrogen-bond acceptors (Lipinski definition) is 4. The van der Waals surface area contributed by atoms with Crippen LogP contribution < -0.4 is 10.9 Å². The minimum Gasteiger partial charge on any atom is -0.357 e. The van der Waals surface area contributed by atoms with Crippen LogP contribution >= 0.6 is 0 Å². The molecular weight excluding hydrogens is 414 g/mol. The van der Waals surface area contributed by atoms with Gasteiger partial charge in [0.2, 0.25) is 0 Å². The lowest BCUT2D eigenvalue weighted by molar-refractivity contribution is 0.0946. The van der Waals surface area contributed by atoms with Crippen LogP contribution in [0.4, 0.5) is 0 Å². The average Bonchev–Trinajstić information content (AvgIpc) is 3.24. The van der Waals surface area contributed by atoms with Gasteiger partial charge in [-0.15, -0.1) is 0 Å². The Balaban J connectivity index is 1.28. The molecule has 4 heterocycles. The number of amides is 1. The highest BCUT2D eigenvalue weighted by Crippen LogP contribution is 2.25. The highest BCUT2D eigenvalue weighted by atomic mass is 16.2. The van der Waals surface area contributed by atoms with Crippen molar-refractivity contribution >= 4 is 22.5 Å². The molecule has 7 heteroatoms. The Morgan fingerprint density at radius 2 is 2.18 bits per heavy atom. The standard InChI is InChI=1S/C26H29N5O2/c1-17-8-10-30(18(2)11-17)16-21-13-20-7-6-19(12-22(20)28-21)15-27-26(33)23-14-25(32)31-9-4-3-5-24(31)29-23/h3-7,9,12-14,17-18,28H,8,10-11,15-16H2,1-2H3,(H,27,33)/t17-,18-/m1/s1/i2D3. The van der Waals surface area contributed by atoms with Gasteiger partial charge < -0.3 is 10.3 Å². The molecule has 170 valence electrons. The first-order valence-corrected chi connectivity index (χ1v) is 11.3. The number of aromatic amines is 1. The Morgan fingerprint density at radius 1 is 1.27 bits per heavy atom. The molecule has 2 N–H and O–H groups in total. The van der Waals surface area contributed by atoms with Crippen LogP contribution in [0.3, 0.4) is 0 Å². The number of nitrogens with zero attached hydrogens (tertiary/aromatic N) is 3. The number of rotatable bonds is 5. The van der Waals surface area contributed by atoms with E-state index in [9.17, 15) is 9.59 Å². The molecule has 4 aromatic rings. The van der Waals surface area contributed by atoms with E-state index in [1.165, 1.54) is 10.5 Å². The number of fused-ring (bicyclic) bond motifs is 2. The van der Waals surface area contributed by atoms with Crippen LogP contribution in [0, 0.1) is 5.92 Å². The van der Waals surface area contributed by atoms with Crippen molar-refractivity contribution in [2.75, 3.05) is 6.54 Å². The number of aromatic nitrogens is 3. The molecule has 0 aliphatic carbocycles. The van der Waals surface area contributed by atoms with Gasteiger partial charge in [-0.2, -0.15) is 0 Å². The topological polar surface area (TPSA) is 82.5 Å². The summed E-state index contributed by atoms with van der Waals surface area (Å²) in [5, 5.41) is 3.86. The number of pyridine rings is 1. The fourth-order valence-corrected chi connectivity index (χ4v) is 4.47. The predicted octanol–water partition coefficient (Wildman–Crippen LogP) is 3.73. The quantitative estimate of drug-likeness (QED) is 0.489. The second-order valence-corrected chi connectivity index (χ2v) is 8.92. The Kier molecular flexibility index (Phi) is 4.82. The third kappa shape index (κ3) is 4.54. The van der Waals surface area contributed by atoms with Crippen LogP contribution in [0.5, 0.6) is 0 Å². The summed E-state index contributed by atoms with van der Waals surface area (Å²) in [6.45, 7) is 1.72. The van der Waals surface area contributed by atoms with Crippen LogP contribution in [0.25, 0.3) is 16.6 Å². The van der Waals surface area contributed by atoms with E-state index in [4.69, 9.17) is 4.11 Å². The molecule has 3 aromatic heterocycles. The minimum absolute atomic E-state index is 0.0779. The molecule has 1 amide bonds. The molecule has 7 nitrogen and oxygen atoms in total. The average molecular weight is 447 g/mol. The normalized spacial score (nSPS) is 20.9. The Hall–Kier alpha value is -3.45. The second kappa shape index (κ2) is 8.83. The molecule has 33 heavy (non-hydrogen) atoms. The summed E-state index contributed by atoms with van der Waals surface area (Å²) in [4.78, 5) is 34.7. The van der Waals surface area contributed by atoms with E-state index in [0.717, 1.165) is 35.1 Å². The van der Waals surface area contributed by atoms with Gasteiger partial charge in [-0.05, 0) is 67.4 Å². The van der Waals surface area contributed by atoms with Crippen molar-refractivity contribution in [2.24, 2.45) is 5.92 Å². The zero-order chi connectivity index (χ0) is 25.4. The van der Waals surface area contributed by atoms with Gasteiger partial charge in [0.05, 0.1) is 0 Å². The first-order chi connectivity index (χ1) is 17.2. The third-order valence-corrected chi connectivity index (χ3v) is 6.35. The largest absolute Gasteiger partial charge is 0.357 e. The van der Waals surface area contributed by atoms with Gasteiger partial charge in [-0.25, -0.2) is 4.98 Å². The van der Waals surface area contributed by atoms with E-state index in [1.807, 2.05) is 18.2 Å². The second-order valence-electron chi connectivity index (χ2n) is 8.92.